The molecule has 0 saturated carbocycles. The van der Waals surface area contributed by atoms with Gasteiger partial charge in [0.05, 0.1) is 32.0 Å². The molecule has 4 nitrogen and oxygen atoms in total. The smallest absolute Gasteiger partial charge is 0.139 e. The van der Waals surface area contributed by atoms with E-state index in [4.69, 9.17) is 9.47 Å². The Morgan fingerprint density at radius 1 is 1.08 bits per heavy atom. The summed E-state index contributed by atoms with van der Waals surface area (Å²) in [5.41, 5.74) is 1.08. The molecule has 1 aromatic rings. The Morgan fingerprint density at radius 3 is 2.23 bits per heavy atom. The second kappa shape index (κ2) is 12.1. The average Bonchev–Trinajstić information content (AvgIpc) is 2.66. The first-order valence-corrected chi connectivity index (χ1v) is 9.27. The summed E-state index contributed by atoms with van der Waals surface area (Å²) < 4.78 is 11.2. The molecule has 0 aliphatic heterocycles. The monoisotopic (exact) mass is 354 g/mol. The standard InChI is InChI=1S/C22H30N2O2/c1-5-6-7-19(20(14-23)15-24)10-13-22(17(2)3)26-16-18-8-11-21(25-4)12-9-18/h8-13,17,19-20,22H,5-7,16H2,1-4H3/b13-10+/t19-,22+/m0/s1. The van der Waals surface area contributed by atoms with Crippen LogP contribution in [0.25, 0.3) is 0 Å². The van der Waals surface area contributed by atoms with Crippen molar-refractivity contribution in [1.82, 2.24) is 0 Å². The predicted molar refractivity (Wildman–Crippen MR) is 103 cm³/mol. The van der Waals surface area contributed by atoms with Crippen LogP contribution in [0.1, 0.15) is 45.6 Å². The van der Waals surface area contributed by atoms with Gasteiger partial charge in [0.1, 0.15) is 11.7 Å². The molecule has 0 heterocycles. The Hall–Kier alpha value is -2.30. The van der Waals surface area contributed by atoms with Crippen LogP contribution in [0.5, 0.6) is 5.75 Å². The van der Waals surface area contributed by atoms with Crippen molar-refractivity contribution in [2.24, 2.45) is 17.8 Å². The molecule has 0 aliphatic carbocycles. The maximum absolute atomic E-state index is 9.22. The van der Waals surface area contributed by atoms with Crippen molar-refractivity contribution >= 4 is 0 Å². The van der Waals surface area contributed by atoms with Crippen molar-refractivity contribution in [1.29, 1.82) is 10.5 Å². The maximum atomic E-state index is 9.22. The first-order valence-electron chi connectivity index (χ1n) is 9.27. The van der Waals surface area contributed by atoms with Crippen LogP contribution >= 0.6 is 0 Å². The van der Waals surface area contributed by atoms with E-state index in [0.29, 0.717) is 12.5 Å². The van der Waals surface area contributed by atoms with Crippen LogP contribution in [0, 0.1) is 40.4 Å². The highest BCUT2D eigenvalue weighted by Gasteiger charge is 2.19. The summed E-state index contributed by atoms with van der Waals surface area (Å²) in [5, 5.41) is 18.4. The van der Waals surface area contributed by atoms with E-state index in [2.05, 4.69) is 32.9 Å². The number of methoxy groups -OCH3 is 1. The van der Waals surface area contributed by atoms with Crippen LogP contribution in [0.4, 0.5) is 0 Å². The van der Waals surface area contributed by atoms with E-state index < -0.39 is 5.92 Å². The topological polar surface area (TPSA) is 66.0 Å². The van der Waals surface area contributed by atoms with Crippen molar-refractivity contribution < 1.29 is 9.47 Å². The van der Waals surface area contributed by atoms with Crippen LogP contribution < -0.4 is 4.74 Å². The fourth-order valence-corrected chi connectivity index (χ4v) is 2.67. The summed E-state index contributed by atoms with van der Waals surface area (Å²) in [7, 11) is 1.65. The zero-order chi connectivity index (χ0) is 19.4. The lowest BCUT2D eigenvalue weighted by Gasteiger charge is -2.20. The number of benzene rings is 1. The highest BCUT2D eigenvalue weighted by atomic mass is 16.5. The molecule has 0 fully saturated rings. The van der Waals surface area contributed by atoms with E-state index in [-0.39, 0.29) is 12.0 Å². The summed E-state index contributed by atoms with van der Waals surface area (Å²) in [5.74, 6) is 0.480. The van der Waals surface area contributed by atoms with Gasteiger partial charge in [0.2, 0.25) is 0 Å². The second-order valence-corrected chi connectivity index (χ2v) is 6.79. The number of unbranched alkanes of at least 4 members (excludes halogenated alkanes) is 1. The molecular weight excluding hydrogens is 324 g/mol. The summed E-state index contributed by atoms with van der Waals surface area (Å²) in [4.78, 5) is 0. The number of allylic oxidation sites excluding steroid dienone is 1. The molecule has 1 aromatic carbocycles. The number of hydrogen-bond donors (Lipinski definition) is 0. The molecule has 140 valence electrons. The maximum Gasteiger partial charge on any atom is 0.139 e. The van der Waals surface area contributed by atoms with Crippen molar-refractivity contribution in [3.8, 4) is 17.9 Å². The molecule has 0 bridgehead atoms. The minimum Gasteiger partial charge on any atom is -0.497 e. The Labute approximate surface area is 158 Å². The van der Waals surface area contributed by atoms with Crippen LogP contribution in [0.3, 0.4) is 0 Å². The van der Waals surface area contributed by atoms with Crippen molar-refractivity contribution in [2.75, 3.05) is 7.11 Å². The van der Waals surface area contributed by atoms with Gasteiger partial charge in [-0.1, -0.05) is 57.9 Å². The van der Waals surface area contributed by atoms with Crippen LogP contribution in [0.2, 0.25) is 0 Å². The van der Waals surface area contributed by atoms with Gasteiger partial charge in [0.25, 0.3) is 0 Å². The van der Waals surface area contributed by atoms with E-state index in [1.165, 1.54) is 0 Å². The number of ether oxygens (including phenoxy) is 2. The van der Waals surface area contributed by atoms with E-state index >= 15 is 0 Å². The van der Waals surface area contributed by atoms with Gasteiger partial charge >= 0.3 is 0 Å². The second-order valence-electron chi connectivity index (χ2n) is 6.79. The minimum atomic E-state index is -0.604. The third-order valence-corrected chi connectivity index (χ3v) is 4.40. The van der Waals surface area contributed by atoms with Gasteiger partial charge in [-0.25, -0.2) is 0 Å². The number of rotatable bonds is 11. The van der Waals surface area contributed by atoms with Crippen molar-refractivity contribution in [2.45, 2.75) is 52.7 Å². The normalized spacial score (nSPS) is 13.5. The molecule has 0 amide bonds. The molecule has 0 radical (unpaired) electrons. The third kappa shape index (κ3) is 7.30. The Bertz CT molecular complexity index is 609. The van der Waals surface area contributed by atoms with Crippen molar-refractivity contribution in [3.63, 3.8) is 0 Å². The summed E-state index contributed by atoms with van der Waals surface area (Å²) in [6.07, 6.45) is 6.88. The molecule has 0 saturated heterocycles. The predicted octanol–water partition coefficient (Wildman–Crippen LogP) is 5.26. The molecule has 4 heteroatoms. The fourth-order valence-electron chi connectivity index (χ4n) is 2.67. The fraction of sp³-hybridized carbons (Fsp3) is 0.545. The van der Waals surface area contributed by atoms with Crippen LogP contribution in [0.15, 0.2) is 36.4 Å². The number of nitriles is 2. The van der Waals surface area contributed by atoms with Crippen molar-refractivity contribution in [3.05, 3.63) is 42.0 Å². The highest BCUT2D eigenvalue weighted by Crippen LogP contribution is 2.22. The van der Waals surface area contributed by atoms with E-state index in [9.17, 15) is 10.5 Å². The highest BCUT2D eigenvalue weighted by molar-refractivity contribution is 5.26. The van der Waals surface area contributed by atoms with Gasteiger partial charge in [-0.15, -0.1) is 0 Å². The quantitative estimate of drug-likeness (QED) is 0.508. The van der Waals surface area contributed by atoms with E-state index in [0.717, 1.165) is 30.6 Å². The van der Waals surface area contributed by atoms with Crippen LogP contribution in [-0.4, -0.2) is 13.2 Å². The van der Waals surface area contributed by atoms with Gasteiger partial charge in [-0.2, -0.15) is 10.5 Å². The molecule has 1 rings (SSSR count). The zero-order valence-corrected chi connectivity index (χ0v) is 16.3. The summed E-state index contributed by atoms with van der Waals surface area (Å²) in [6, 6.07) is 12.1. The lowest BCUT2D eigenvalue weighted by Crippen LogP contribution is -2.18. The molecule has 0 unspecified atom stereocenters. The Kier molecular flexibility index (Phi) is 10.1. The molecular formula is C22H30N2O2. The van der Waals surface area contributed by atoms with E-state index in [1.807, 2.05) is 36.4 Å². The number of hydrogen-bond acceptors (Lipinski definition) is 4. The molecule has 26 heavy (non-hydrogen) atoms. The lowest BCUT2D eigenvalue weighted by atomic mass is 9.88. The first-order chi connectivity index (χ1) is 12.5. The van der Waals surface area contributed by atoms with Gasteiger partial charge in [-0.05, 0) is 30.0 Å². The van der Waals surface area contributed by atoms with Gasteiger partial charge < -0.3 is 9.47 Å². The van der Waals surface area contributed by atoms with Gasteiger partial charge in [0, 0.05) is 5.92 Å². The number of nitrogens with zero attached hydrogens (tertiary/aromatic N) is 2. The third-order valence-electron chi connectivity index (χ3n) is 4.40. The van der Waals surface area contributed by atoms with E-state index in [1.54, 1.807) is 7.11 Å². The molecule has 0 N–H and O–H groups in total. The van der Waals surface area contributed by atoms with Gasteiger partial charge in [0.15, 0.2) is 0 Å². The molecule has 0 aliphatic rings. The summed E-state index contributed by atoms with van der Waals surface area (Å²) in [6.45, 7) is 6.84. The summed E-state index contributed by atoms with van der Waals surface area (Å²) >= 11 is 0. The Balaban J connectivity index is 2.75. The molecule has 0 aromatic heterocycles. The lowest BCUT2D eigenvalue weighted by molar-refractivity contribution is 0.0425. The zero-order valence-electron chi connectivity index (χ0n) is 16.3. The van der Waals surface area contributed by atoms with Crippen LogP contribution in [-0.2, 0) is 11.3 Å². The SMILES string of the molecule is CCCC[C@@H](/C=C/[C@@H](OCc1ccc(OC)cc1)C(C)C)C(C#N)C#N. The minimum absolute atomic E-state index is 0.0456. The van der Waals surface area contributed by atoms with Gasteiger partial charge in [-0.3, -0.25) is 0 Å². The average molecular weight is 354 g/mol. The Morgan fingerprint density at radius 2 is 1.73 bits per heavy atom. The molecule has 2 atom stereocenters. The first kappa shape index (κ1) is 21.7. The molecule has 0 spiro atoms. The largest absolute Gasteiger partial charge is 0.497 e.